The molecular formula is C10H11N7O3. The highest BCUT2D eigenvalue weighted by Crippen LogP contribution is 2.21. The Balaban J connectivity index is 1.55. The molecule has 1 aliphatic rings. The number of anilines is 1. The number of aromatic nitrogens is 5. The lowest BCUT2D eigenvalue weighted by Gasteiger charge is -2.38. The summed E-state index contributed by atoms with van der Waals surface area (Å²) in [5.41, 5.74) is 0.485. The quantitative estimate of drug-likeness (QED) is 0.711. The maximum absolute atomic E-state index is 11.8. The number of urea groups is 1. The van der Waals surface area contributed by atoms with E-state index in [4.69, 9.17) is 5.11 Å². The standard InChI is InChI=1S/C10H11N7O3/c18-9(19)8-5-17(15-14-8)7-3-16(4-7)10(20)13-6-1-11-12-2-6/h1-2,5,7H,3-4H2,(H,11,12)(H,13,20)(H,18,19). The summed E-state index contributed by atoms with van der Waals surface area (Å²) in [7, 11) is 0. The zero-order chi connectivity index (χ0) is 14.1. The van der Waals surface area contributed by atoms with E-state index in [0.29, 0.717) is 18.8 Å². The fraction of sp³-hybridized carbons (Fsp3) is 0.300. The zero-order valence-corrected chi connectivity index (χ0v) is 10.2. The molecule has 1 aliphatic heterocycles. The molecule has 0 aliphatic carbocycles. The van der Waals surface area contributed by atoms with Gasteiger partial charge in [-0.15, -0.1) is 5.10 Å². The van der Waals surface area contributed by atoms with Gasteiger partial charge in [0, 0.05) is 19.3 Å². The number of carboxylic acids is 1. The number of carbonyl (C=O) groups is 2. The van der Waals surface area contributed by atoms with Gasteiger partial charge in [-0.05, 0) is 0 Å². The monoisotopic (exact) mass is 277 g/mol. The van der Waals surface area contributed by atoms with E-state index in [-0.39, 0.29) is 17.8 Å². The lowest BCUT2D eigenvalue weighted by molar-refractivity contribution is 0.0690. The Morgan fingerprint density at radius 2 is 2.25 bits per heavy atom. The van der Waals surface area contributed by atoms with Crippen LogP contribution in [-0.4, -0.2) is 60.3 Å². The normalized spacial score (nSPS) is 14.9. The van der Waals surface area contributed by atoms with E-state index < -0.39 is 5.97 Å². The average molecular weight is 277 g/mol. The number of aromatic amines is 1. The number of H-pyrrole nitrogens is 1. The lowest BCUT2D eigenvalue weighted by Crippen LogP contribution is -2.52. The average Bonchev–Trinajstić information content (AvgIpc) is 2.97. The van der Waals surface area contributed by atoms with Gasteiger partial charge in [-0.1, -0.05) is 5.21 Å². The highest BCUT2D eigenvalue weighted by Gasteiger charge is 2.33. The molecule has 0 radical (unpaired) electrons. The molecule has 104 valence electrons. The third kappa shape index (κ3) is 2.18. The minimum Gasteiger partial charge on any atom is -0.476 e. The third-order valence-electron chi connectivity index (χ3n) is 3.00. The van der Waals surface area contributed by atoms with Crippen LogP contribution in [0.2, 0.25) is 0 Å². The first kappa shape index (κ1) is 12.1. The van der Waals surface area contributed by atoms with Gasteiger partial charge in [0.1, 0.15) is 0 Å². The van der Waals surface area contributed by atoms with Gasteiger partial charge in [-0.2, -0.15) is 5.10 Å². The van der Waals surface area contributed by atoms with E-state index in [1.54, 1.807) is 11.1 Å². The predicted molar refractivity (Wildman–Crippen MR) is 65.2 cm³/mol. The van der Waals surface area contributed by atoms with E-state index in [9.17, 15) is 9.59 Å². The van der Waals surface area contributed by atoms with Gasteiger partial charge >= 0.3 is 12.0 Å². The van der Waals surface area contributed by atoms with Crippen molar-refractivity contribution < 1.29 is 14.7 Å². The first-order valence-electron chi connectivity index (χ1n) is 5.83. The molecule has 10 nitrogen and oxygen atoms in total. The van der Waals surface area contributed by atoms with Crippen molar-refractivity contribution in [3.05, 3.63) is 24.3 Å². The summed E-state index contributed by atoms with van der Waals surface area (Å²) in [4.78, 5) is 24.1. The van der Waals surface area contributed by atoms with Crippen LogP contribution < -0.4 is 5.32 Å². The molecule has 0 spiro atoms. The highest BCUT2D eigenvalue weighted by atomic mass is 16.4. The van der Waals surface area contributed by atoms with Crippen LogP contribution in [0, 0.1) is 0 Å². The van der Waals surface area contributed by atoms with Crippen molar-refractivity contribution in [2.75, 3.05) is 18.4 Å². The fourth-order valence-electron chi connectivity index (χ4n) is 1.86. The molecule has 0 saturated carbocycles. The summed E-state index contributed by atoms with van der Waals surface area (Å²) in [5, 5.41) is 25.0. The summed E-state index contributed by atoms with van der Waals surface area (Å²) >= 11 is 0. The van der Waals surface area contributed by atoms with E-state index >= 15 is 0 Å². The molecule has 2 aromatic heterocycles. The topological polar surface area (TPSA) is 129 Å². The first-order valence-corrected chi connectivity index (χ1v) is 5.83. The third-order valence-corrected chi connectivity index (χ3v) is 3.00. The molecule has 3 heterocycles. The smallest absolute Gasteiger partial charge is 0.358 e. The second-order valence-corrected chi connectivity index (χ2v) is 4.36. The second-order valence-electron chi connectivity index (χ2n) is 4.36. The minimum absolute atomic E-state index is 0.0503. The Morgan fingerprint density at radius 3 is 2.85 bits per heavy atom. The molecule has 10 heteroatoms. The van der Waals surface area contributed by atoms with Crippen molar-refractivity contribution in [1.82, 2.24) is 30.1 Å². The SMILES string of the molecule is O=C(O)c1cn(C2CN(C(=O)Nc3cn[nH]c3)C2)nn1. The molecule has 1 fully saturated rings. The van der Waals surface area contributed by atoms with Gasteiger partial charge < -0.3 is 15.3 Å². The Morgan fingerprint density at radius 1 is 1.45 bits per heavy atom. The van der Waals surface area contributed by atoms with Gasteiger partial charge in [0.15, 0.2) is 5.69 Å². The lowest BCUT2D eigenvalue weighted by atomic mass is 10.1. The number of carbonyl (C=O) groups excluding carboxylic acids is 1. The zero-order valence-electron chi connectivity index (χ0n) is 10.2. The van der Waals surface area contributed by atoms with Crippen molar-refractivity contribution in [1.29, 1.82) is 0 Å². The molecule has 3 N–H and O–H groups in total. The van der Waals surface area contributed by atoms with Crippen LogP contribution in [0.15, 0.2) is 18.6 Å². The Labute approximate surface area is 112 Å². The molecule has 3 rings (SSSR count). The number of hydrogen-bond donors (Lipinski definition) is 3. The highest BCUT2D eigenvalue weighted by molar-refractivity contribution is 5.89. The molecule has 2 aromatic rings. The van der Waals surface area contributed by atoms with E-state index in [1.165, 1.54) is 17.1 Å². The predicted octanol–water partition coefficient (Wildman–Crippen LogP) is -0.212. The molecule has 0 atom stereocenters. The first-order chi connectivity index (χ1) is 9.63. The molecular weight excluding hydrogens is 266 g/mol. The number of amides is 2. The van der Waals surface area contributed by atoms with Crippen LogP contribution in [0.25, 0.3) is 0 Å². The van der Waals surface area contributed by atoms with E-state index in [1.807, 2.05) is 0 Å². The minimum atomic E-state index is -1.12. The van der Waals surface area contributed by atoms with Gasteiger partial charge in [-0.25, -0.2) is 14.3 Å². The van der Waals surface area contributed by atoms with Crippen LogP contribution in [0.3, 0.4) is 0 Å². The summed E-state index contributed by atoms with van der Waals surface area (Å²) in [5.74, 6) is -1.12. The van der Waals surface area contributed by atoms with Gasteiger partial charge in [-0.3, -0.25) is 5.10 Å². The van der Waals surface area contributed by atoms with Crippen LogP contribution >= 0.6 is 0 Å². The van der Waals surface area contributed by atoms with Crippen LogP contribution in [-0.2, 0) is 0 Å². The molecule has 20 heavy (non-hydrogen) atoms. The number of nitrogens with one attached hydrogen (secondary N) is 2. The maximum Gasteiger partial charge on any atom is 0.358 e. The van der Waals surface area contributed by atoms with Crippen LogP contribution in [0.1, 0.15) is 16.5 Å². The maximum atomic E-state index is 11.8. The molecule has 0 aromatic carbocycles. The van der Waals surface area contributed by atoms with E-state index in [2.05, 4.69) is 25.8 Å². The fourth-order valence-corrected chi connectivity index (χ4v) is 1.86. The van der Waals surface area contributed by atoms with Gasteiger partial charge in [0.2, 0.25) is 0 Å². The number of hydrogen-bond acceptors (Lipinski definition) is 5. The summed E-state index contributed by atoms with van der Waals surface area (Å²) in [6, 6.07) is -0.285. The van der Waals surface area contributed by atoms with Crippen molar-refractivity contribution in [2.45, 2.75) is 6.04 Å². The largest absolute Gasteiger partial charge is 0.476 e. The Kier molecular flexibility index (Phi) is 2.82. The number of nitrogens with zero attached hydrogens (tertiary/aromatic N) is 5. The molecule has 2 amide bonds. The summed E-state index contributed by atoms with van der Waals surface area (Å²) < 4.78 is 1.46. The number of rotatable bonds is 3. The van der Waals surface area contributed by atoms with Crippen molar-refractivity contribution in [3.63, 3.8) is 0 Å². The second kappa shape index (κ2) is 4.64. The summed E-state index contributed by atoms with van der Waals surface area (Å²) in [6.45, 7) is 0.901. The Bertz CT molecular complexity index is 629. The van der Waals surface area contributed by atoms with Gasteiger partial charge in [0.05, 0.1) is 24.1 Å². The number of likely N-dealkylation sites (tertiary alicyclic amines) is 1. The van der Waals surface area contributed by atoms with Crippen molar-refractivity contribution >= 4 is 17.7 Å². The number of aromatic carboxylic acids is 1. The van der Waals surface area contributed by atoms with Crippen molar-refractivity contribution in [3.8, 4) is 0 Å². The molecule has 1 saturated heterocycles. The van der Waals surface area contributed by atoms with E-state index in [0.717, 1.165) is 0 Å². The molecule has 0 unspecified atom stereocenters. The van der Waals surface area contributed by atoms with Gasteiger partial charge in [0.25, 0.3) is 0 Å². The van der Waals surface area contributed by atoms with Crippen molar-refractivity contribution in [2.24, 2.45) is 0 Å². The molecule has 0 bridgehead atoms. The Hall–Kier alpha value is -2.91. The van der Waals surface area contributed by atoms with Crippen LogP contribution in [0.5, 0.6) is 0 Å². The number of carboxylic acid groups (broad SMARTS) is 1. The summed E-state index contributed by atoms with van der Waals surface area (Å²) in [6.07, 6.45) is 4.44. The van der Waals surface area contributed by atoms with Crippen LogP contribution in [0.4, 0.5) is 10.5 Å².